The van der Waals surface area contributed by atoms with Gasteiger partial charge in [0.2, 0.25) is 0 Å². The maximum atomic E-state index is 13.0. The molecule has 0 unspecified atom stereocenters. The number of ether oxygens (including phenoxy) is 1. The van der Waals surface area contributed by atoms with Crippen molar-refractivity contribution in [2.75, 3.05) is 5.88 Å². The van der Waals surface area contributed by atoms with Gasteiger partial charge in [-0.05, 0) is 63.6 Å². The molecule has 2 saturated heterocycles. The molecule has 3 heterocycles. The highest BCUT2D eigenvalue weighted by atomic mass is 32.2. The maximum absolute atomic E-state index is 13.0. The fraction of sp³-hybridized carbons (Fsp3) is 0.571. The molecular formula is C21H29N3O3S. The molecule has 2 aliphatic heterocycles. The molecular weight excluding hydrogens is 374 g/mol. The Kier molecular flexibility index (Phi) is 5.22. The van der Waals surface area contributed by atoms with Gasteiger partial charge in [0.05, 0.1) is 11.4 Å². The van der Waals surface area contributed by atoms with Crippen molar-refractivity contribution in [3.8, 4) is 5.75 Å². The highest BCUT2D eigenvalue weighted by molar-refractivity contribution is 7.91. The number of piperidine rings is 1. The molecule has 0 saturated carbocycles. The first-order valence-corrected chi connectivity index (χ1v) is 11.8. The number of hydrogen-bond acceptors (Lipinski definition) is 5. The second-order valence-corrected chi connectivity index (χ2v) is 10.0. The molecule has 7 heteroatoms. The fourth-order valence-electron chi connectivity index (χ4n) is 4.79. The Morgan fingerprint density at radius 1 is 1.14 bits per heavy atom. The highest BCUT2D eigenvalue weighted by Gasteiger charge is 2.43. The summed E-state index contributed by atoms with van der Waals surface area (Å²) in [6.45, 7) is 5.66. The van der Waals surface area contributed by atoms with E-state index in [0.29, 0.717) is 16.3 Å². The first-order chi connectivity index (χ1) is 13.4. The van der Waals surface area contributed by atoms with Crippen LogP contribution in [0.15, 0.2) is 29.2 Å². The summed E-state index contributed by atoms with van der Waals surface area (Å²) in [5, 5.41) is 6.85. The monoisotopic (exact) mass is 403 g/mol. The van der Waals surface area contributed by atoms with Gasteiger partial charge in [0, 0.05) is 12.1 Å². The molecule has 1 N–H and O–H groups in total. The lowest BCUT2D eigenvalue weighted by atomic mass is 10.0. The van der Waals surface area contributed by atoms with Crippen LogP contribution in [0.4, 0.5) is 0 Å². The quantitative estimate of drug-likeness (QED) is 0.800. The summed E-state index contributed by atoms with van der Waals surface area (Å²) < 4.78 is 32.3. The van der Waals surface area contributed by atoms with E-state index in [9.17, 15) is 8.42 Å². The Bertz CT molecular complexity index is 903. The van der Waals surface area contributed by atoms with Crippen LogP contribution in [-0.4, -0.2) is 47.6 Å². The molecule has 2 fully saturated rings. The fourth-order valence-corrected chi connectivity index (χ4v) is 6.74. The standard InChI is InChI=1S/C21H29N3O3S/c1-4-16-5-9-19(10-6-16)27-20-11-17-7-8-18(12-20)24(17)13-28(25,26)21-14(2)22-23-15(21)3/h5-6,9-10,17-18,20H,4,7-8,11-13H2,1-3H3,(H,22,23)/t17-,18+,20-. The third-order valence-electron chi connectivity index (χ3n) is 6.17. The Balaban J connectivity index is 1.44. The van der Waals surface area contributed by atoms with E-state index in [1.165, 1.54) is 5.56 Å². The predicted molar refractivity (Wildman–Crippen MR) is 108 cm³/mol. The lowest BCUT2D eigenvalue weighted by Gasteiger charge is -2.38. The van der Waals surface area contributed by atoms with Gasteiger partial charge in [-0.2, -0.15) is 5.10 Å². The predicted octanol–water partition coefficient (Wildman–Crippen LogP) is 3.39. The van der Waals surface area contributed by atoms with Crippen LogP contribution >= 0.6 is 0 Å². The second-order valence-electron chi connectivity index (χ2n) is 8.11. The van der Waals surface area contributed by atoms with E-state index >= 15 is 0 Å². The molecule has 4 rings (SSSR count). The molecule has 3 atom stereocenters. The third-order valence-corrected chi connectivity index (χ3v) is 8.03. The van der Waals surface area contributed by atoms with Crippen molar-refractivity contribution in [1.29, 1.82) is 0 Å². The van der Waals surface area contributed by atoms with Gasteiger partial charge >= 0.3 is 0 Å². The van der Waals surface area contributed by atoms with Crippen LogP contribution in [0.3, 0.4) is 0 Å². The number of sulfone groups is 1. The number of aryl methyl sites for hydroxylation is 3. The largest absolute Gasteiger partial charge is 0.490 e. The minimum atomic E-state index is -3.40. The maximum Gasteiger partial charge on any atom is 0.195 e. The third kappa shape index (κ3) is 3.70. The van der Waals surface area contributed by atoms with E-state index in [1.807, 2.05) is 12.1 Å². The molecule has 2 aromatic rings. The lowest BCUT2D eigenvalue weighted by Crippen LogP contribution is -2.48. The van der Waals surface area contributed by atoms with Crippen molar-refractivity contribution in [1.82, 2.24) is 15.1 Å². The Morgan fingerprint density at radius 2 is 1.79 bits per heavy atom. The van der Waals surface area contributed by atoms with Gasteiger partial charge in [-0.3, -0.25) is 10.00 Å². The first kappa shape index (κ1) is 19.5. The number of benzene rings is 1. The van der Waals surface area contributed by atoms with Crippen molar-refractivity contribution < 1.29 is 13.2 Å². The van der Waals surface area contributed by atoms with Gasteiger partial charge in [0.25, 0.3) is 0 Å². The average molecular weight is 404 g/mol. The van der Waals surface area contributed by atoms with Crippen LogP contribution in [0.1, 0.15) is 49.6 Å². The number of aromatic amines is 1. The number of nitrogens with zero attached hydrogens (tertiary/aromatic N) is 2. The molecule has 0 amide bonds. The molecule has 2 bridgehead atoms. The number of H-pyrrole nitrogens is 1. The summed E-state index contributed by atoms with van der Waals surface area (Å²) in [6, 6.07) is 8.84. The molecule has 0 radical (unpaired) electrons. The van der Waals surface area contributed by atoms with Gasteiger partial charge in [-0.25, -0.2) is 8.42 Å². The van der Waals surface area contributed by atoms with Crippen LogP contribution in [0.2, 0.25) is 0 Å². The zero-order valence-electron chi connectivity index (χ0n) is 16.8. The minimum absolute atomic E-state index is 0.0709. The Morgan fingerprint density at radius 3 is 2.32 bits per heavy atom. The average Bonchev–Trinajstić information content (AvgIpc) is 3.10. The topological polar surface area (TPSA) is 75.3 Å². The van der Waals surface area contributed by atoms with Crippen LogP contribution in [0.25, 0.3) is 0 Å². The molecule has 2 aliphatic rings. The van der Waals surface area contributed by atoms with Gasteiger partial charge in [-0.15, -0.1) is 0 Å². The summed E-state index contributed by atoms with van der Waals surface area (Å²) >= 11 is 0. The van der Waals surface area contributed by atoms with E-state index in [4.69, 9.17) is 4.74 Å². The Labute approximate surface area is 167 Å². The van der Waals surface area contributed by atoms with E-state index in [1.54, 1.807) is 13.8 Å². The summed E-state index contributed by atoms with van der Waals surface area (Å²) in [4.78, 5) is 2.54. The zero-order chi connectivity index (χ0) is 19.9. The lowest BCUT2D eigenvalue weighted by molar-refractivity contribution is 0.0609. The molecule has 0 spiro atoms. The van der Waals surface area contributed by atoms with Crippen molar-refractivity contribution >= 4 is 9.84 Å². The molecule has 1 aromatic carbocycles. The number of rotatable bonds is 6. The molecule has 6 nitrogen and oxygen atoms in total. The number of hydrogen-bond donors (Lipinski definition) is 1. The van der Waals surface area contributed by atoms with Crippen LogP contribution < -0.4 is 4.74 Å². The minimum Gasteiger partial charge on any atom is -0.490 e. The van der Waals surface area contributed by atoms with Crippen molar-refractivity contribution in [2.24, 2.45) is 0 Å². The molecule has 152 valence electrons. The first-order valence-electron chi connectivity index (χ1n) is 10.1. The molecule has 1 aromatic heterocycles. The van der Waals surface area contributed by atoms with E-state index in [2.05, 4.69) is 34.2 Å². The van der Waals surface area contributed by atoms with Gasteiger partial charge in [0.1, 0.15) is 22.6 Å². The van der Waals surface area contributed by atoms with Gasteiger partial charge in [-0.1, -0.05) is 19.1 Å². The van der Waals surface area contributed by atoms with Crippen LogP contribution in [0, 0.1) is 13.8 Å². The van der Waals surface area contributed by atoms with E-state index in [0.717, 1.165) is 37.9 Å². The van der Waals surface area contributed by atoms with Crippen molar-refractivity contribution in [3.05, 3.63) is 41.2 Å². The molecule has 0 aliphatic carbocycles. The Hall–Kier alpha value is -1.86. The number of fused-ring (bicyclic) bond motifs is 2. The summed E-state index contributed by atoms with van der Waals surface area (Å²) in [5.74, 6) is 0.980. The normalized spacial score (nSPS) is 25.2. The van der Waals surface area contributed by atoms with Crippen molar-refractivity contribution in [2.45, 2.75) is 76.0 Å². The summed E-state index contributed by atoms with van der Waals surface area (Å²) in [6.07, 6.45) is 5.01. The van der Waals surface area contributed by atoms with Gasteiger partial charge < -0.3 is 4.74 Å². The van der Waals surface area contributed by atoms with Crippen molar-refractivity contribution in [3.63, 3.8) is 0 Å². The zero-order valence-corrected chi connectivity index (χ0v) is 17.6. The van der Waals surface area contributed by atoms with Crippen LogP contribution in [0.5, 0.6) is 5.75 Å². The van der Waals surface area contributed by atoms with Gasteiger partial charge in [0.15, 0.2) is 9.84 Å². The SMILES string of the molecule is CCc1ccc(O[C@@H]2C[C@H]3CC[C@@H](C2)N3CS(=O)(=O)c2c(C)n[nH]c2C)cc1. The number of aromatic nitrogens is 2. The second kappa shape index (κ2) is 7.52. The highest BCUT2D eigenvalue weighted by Crippen LogP contribution is 2.38. The van der Waals surface area contributed by atoms with E-state index in [-0.39, 0.29) is 24.1 Å². The summed E-state index contributed by atoms with van der Waals surface area (Å²) in [7, 11) is -3.40. The van der Waals surface area contributed by atoms with E-state index < -0.39 is 9.84 Å². The molecule has 28 heavy (non-hydrogen) atoms. The summed E-state index contributed by atoms with van der Waals surface area (Å²) in [5.41, 5.74) is 2.48. The smallest absolute Gasteiger partial charge is 0.195 e. The van der Waals surface area contributed by atoms with Crippen LogP contribution in [-0.2, 0) is 16.3 Å². The number of nitrogens with one attached hydrogen (secondary N) is 1.